The normalized spacial score (nSPS) is 17.2. The Morgan fingerprint density at radius 3 is 2.50 bits per heavy atom. The molecule has 1 aliphatic rings. The van der Waals surface area contributed by atoms with Crippen LogP contribution >= 0.6 is 0 Å². The van der Waals surface area contributed by atoms with Crippen LogP contribution in [0.2, 0.25) is 0 Å². The van der Waals surface area contributed by atoms with Crippen LogP contribution in [-0.4, -0.2) is 39.5 Å². The Kier molecular flexibility index (Phi) is 6.23. The van der Waals surface area contributed by atoms with Crippen LogP contribution in [0, 0.1) is 6.92 Å². The monoisotopic (exact) mass is 326 g/mol. The van der Waals surface area contributed by atoms with E-state index in [2.05, 4.69) is 4.72 Å². The van der Waals surface area contributed by atoms with Gasteiger partial charge < -0.3 is 4.74 Å². The van der Waals surface area contributed by atoms with Gasteiger partial charge in [-0.15, -0.1) is 0 Å². The second-order valence-corrected chi connectivity index (χ2v) is 7.53. The highest BCUT2D eigenvalue weighted by molar-refractivity contribution is 7.87. The minimum absolute atomic E-state index is 0.388. The summed E-state index contributed by atoms with van der Waals surface area (Å²) in [6.45, 7) is 3.66. The average Bonchev–Trinajstić information content (AvgIpc) is 2.77. The Bertz CT molecular complexity index is 579. The van der Waals surface area contributed by atoms with Crippen LogP contribution in [0.5, 0.6) is 5.75 Å². The summed E-state index contributed by atoms with van der Waals surface area (Å²) in [5.74, 6) is 0.805. The third-order valence-electron chi connectivity index (χ3n) is 4.02. The van der Waals surface area contributed by atoms with Crippen LogP contribution in [0.15, 0.2) is 18.2 Å². The maximum Gasteiger partial charge on any atom is 0.279 e. The van der Waals surface area contributed by atoms with Gasteiger partial charge in [-0.05, 0) is 37.8 Å². The van der Waals surface area contributed by atoms with E-state index >= 15 is 0 Å². The van der Waals surface area contributed by atoms with Gasteiger partial charge in [-0.2, -0.15) is 12.7 Å². The summed E-state index contributed by atoms with van der Waals surface area (Å²) in [4.78, 5) is 0. The molecular weight excluding hydrogens is 300 g/mol. The Hall–Kier alpha value is -1.11. The fraction of sp³-hybridized carbons (Fsp3) is 0.625. The van der Waals surface area contributed by atoms with Crippen LogP contribution in [0.25, 0.3) is 0 Å². The van der Waals surface area contributed by atoms with E-state index < -0.39 is 10.2 Å². The van der Waals surface area contributed by atoms with E-state index in [0.29, 0.717) is 26.1 Å². The minimum atomic E-state index is -3.36. The molecule has 22 heavy (non-hydrogen) atoms. The number of ether oxygens (including phenoxy) is 1. The van der Waals surface area contributed by atoms with Gasteiger partial charge in [0.1, 0.15) is 5.75 Å². The SMILES string of the molecule is COc1ccc(C)cc1CCNS(=O)(=O)N1CCCCCC1. The van der Waals surface area contributed by atoms with Crippen molar-refractivity contribution in [1.82, 2.24) is 9.03 Å². The molecule has 1 saturated heterocycles. The lowest BCUT2D eigenvalue weighted by Gasteiger charge is -2.20. The minimum Gasteiger partial charge on any atom is -0.496 e. The summed E-state index contributed by atoms with van der Waals surface area (Å²) in [6, 6.07) is 5.96. The van der Waals surface area contributed by atoms with Gasteiger partial charge >= 0.3 is 0 Å². The summed E-state index contributed by atoms with van der Waals surface area (Å²) in [5.41, 5.74) is 2.17. The molecule has 0 bridgehead atoms. The first-order valence-corrected chi connectivity index (χ1v) is 9.35. The molecule has 1 aliphatic heterocycles. The number of rotatable bonds is 6. The van der Waals surface area contributed by atoms with Gasteiger partial charge in [0.2, 0.25) is 0 Å². The Balaban J connectivity index is 1.93. The number of nitrogens with one attached hydrogen (secondary N) is 1. The first kappa shape index (κ1) is 17.2. The molecule has 0 aromatic heterocycles. The third-order valence-corrected chi connectivity index (χ3v) is 5.63. The quantitative estimate of drug-likeness (QED) is 0.872. The highest BCUT2D eigenvalue weighted by atomic mass is 32.2. The van der Waals surface area contributed by atoms with Crippen LogP contribution < -0.4 is 9.46 Å². The van der Waals surface area contributed by atoms with E-state index in [0.717, 1.165) is 42.6 Å². The van der Waals surface area contributed by atoms with E-state index in [-0.39, 0.29) is 0 Å². The predicted molar refractivity (Wildman–Crippen MR) is 88.4 cm³/mol. The fourth-order valence-corrected chi connectivity index (χ4v) is 4.07. The van der Waals surface area contributed by atoms with Crippen molar-refractivity contribution in [2.45, 2.75) is 39.0 Å². The maximum absolute atomic E-state index is 12.3. The van der Waals surface area contributed by atoms with Gasteiger partial charge in [-0.3, -0.25) is 0 Å². The molecule has 0 aliphatic carbocycles. The number of benzene rings is 1. The molecule has 0 atom stereocenters. The highest BCUT2D eigenvalue weighted by Crippen LogP contribution is 2.20. The lowest BCUT2D eigenvalue weighted by atomic mass is 10.1. The summed E-state index contributed by atoms with van der Waals surface area (Å²) >= 11 is 0. The molecule has 1 N–H and O–H groups in total. The number of hydrogen-bond donors (Lipinski definition) is 1. The maximum atomic E-state index is 12.3. The van der Waals surface area contributed by atoms with Crippen molar-refractivity contribution < 1.29 is 13.2 Å². The summed E-state index contributed by atoms with van der Waals surface area (Å²) < 4.78 is 34.3. The van der Waals surface area contributed by atoms with Crippen molar-refractivity contribution in [3.05, 3.63) is 29.3 Å². The van der Waals surface area contributed by atoms with Gasteiger partial charge in [0.25, 0.3) is 10.2 Å². The number of hydrogen-bond acceptors (Lipinski definition) is 3. The highest BCUT2D eigenvalue weighted by Gasteiger charge is 2.22. The van der Waals surface area contributed by atoms with Gasteiger partial charge in [0.15, 0.2) is 0 Å². The third kappa shape index (κ3) is 4.69. The van der Waals surface area contributed by atoms with Crippen LogP contribution in [0.4, 0.5) is 0 Å². The zero-order valence-electron chi connectivity index (χ0n) is 13.5. The van der Waals surface area contributed by atoms with Gasteiger partial charge in [0.05, 0.1) is 7.11 Å². The van der Waals surface area contributed by atoms with E-state index in [1.54, 1.807) is 11.4 Å². The number of nitrogens with zero attached hydrogens (tertiary/aromatic N) is 1. The molecule has 1 aromatic carbocycles. The second kappa shape index (κ2) is 7.94. The zero-order chi connectivity index (χ0) is 16.0. The summed E-state index contributed by atoms with van der Waals surface area (Å²) in [7, 11) is -1.73. The summed E-state index contributed by atoms with van der Waals surface area (Å²) in [5, 5.41) is 0. The van der Waals surface area contributed by atoms with Crippen LogP contribution in [-0.2, 0) is 16.6 Å². The van der Waals surface area contributed by atoms with Gasteiger partial charge in [0, 0.05) is 19.6 Å². The van der Waals surface area contributed by atoms with Gasteiger partial charge in [-0.25, -0.2) is 4.72 Å². The molecule has 0 saturated carbocycles. The molecule has 0 amide bonds. The zero-order valence-corrected chi connectivity index (χ0v) is 14.3. The van der Waals surface area contributed by atoms with Crippen molar-refractivity contribution >= 4 is 10.2 Å². The molecule has 0 spiro atoms. The molecule has 1 aromatic rings. The smallest absolute Gasteiger partial charge is 0.279 e. The standard InChI is InChI=1S/C16H26N2O3S/c1-14-7-8-16(21-2)15(13-14)9-10-17-22(19,20)18-11-5-3-4-6-12-18/h7-8,13,17H,3-6,9-12H2,1-2H3. The molecule has 2 rings (SSSR count). The molecule has 0 unspecified atom stereocenters. The van der Waals surface area contributed by atoms with Crippen LogP contribution in [0.3, 0.4) is 0 Å². The molecule has 5 nitrogen and oxygen atoms in total. The van der Waals surface area contributed by atoms with Crippen molar-refractivity contribution in [3.63, 3.8) is 0 Å². The lowest BCUT2D eigenvalue weighted by molar-refractivity contribution is 0.407. The molecule has 1 heterocycles. The topological polar surface area (TPSA) is 58.6 Å². The first-order valence-electron chi connectivity index (χ1n) is 7.91. The molecule has 6 heteroatoms. The Morgan fingerprint density at radius 2 is 1.86 bits per heavy atom. The first-order chi connectivity index (χ1) is 10.5. The molecular formula is C16H26N2O3S. The molecule has 124 valence electrons. The average molecular weight is 326 g/mol. The number of aryl methyl sites for hydroxylation is 1. The van der Waals surface area contributed by atoms with Crippen LogP contribution in [0.1, 0.15) is 36.8 Å². The molecule has 0 radical (unpaired) electrons. The van der Waals surface area contributed by atoms with E-state index in [4.69, 9.17) is 4.74 Å². The van der Waals surface area contributed by atoms with Crippen molar-refractivity contribution in [2.75, 3.05) is 26.7 Å². The van der Waals surface area contributed by atoms with Crippen molar-refractivity contribution in [3.8, 4) is 5.75 Å². The predicted octanol–water partition coefficient (Wildman–Crippen LogP) is 2.26. The second-order valence-electron chi connectivity index (χ2n) is 5.78. The Morgan fingerprint density at radius 1 is 1.18 bits per heavy atom. The molecule has 1 fully saturated rings. The van der Waals surface area contributed by atoms with Crippen molar-refractivity contribution in [2.24, 2.45) is 0 Å². The van der Waals surface area contributed by atoms with Gasteiger partial charge in [-0.1, -0.05) is 30.5 Å². The van der Waals surface area contributed by atoms with Crippen molar-refractivity contribution in [1.29, 1.82) is 0 Å². The largest absolute Gasteiger partial charge is 0.496 e. The number of methoxy groups -OCH3 is 1. The van der Waals surface area contributed by atoms with E-state index in [1.807, 2.05) is 25.1 Å². The summed E-state index contributed by atoms with van der Waals surface area (Å²) in [6.07, 6.45) is 4.76. The lowest BCUT2D eigenvalue weighted by Crippen LogP contribution is -2.41. The van der Waals surface area contributed by atoms with E-state index in [9.17, 15) is 8.42 Å². The fourth-order valence-electron chi connectivity index (χ4n) is 2.79. The van der Waals surface area contributed by atoms with E-state index in [1.165, 1.54) is 0 Å². The Labute approximate surface area is 133 Å².